The second-order valence-corrected chi connectivity index (χ2v) is 12.4. The van der Waals surface area contributed by atoms with Crippen molar-refractivity contribution in [3.8, 4) is 0 Å². The smallest absolute Gasteiger partial charge is 0.243 e. The van der Waals surface area contributed by atoms with Crippen molar-refractivity contribution in [3.63, 3.8) is 0 Å². The van der Waals surface area contributed by atoms with Gasteiger partial charge in [0, 0.05) is 49.3 Å². The number of hydrogen-bond donors (Lipinski definition) is 1. The van der Waals surface area contributed by atoms with Gasteiger partial charge in [-0.3, -0.25) is 9.59 Å². The van der Waals surface area contributed by atoms with Gasteiger partial charge in [-0.2, -0.15) is 4.31 Å². The zero-order valence-electron chi connectivity index (χ0n) is 21.2. The van der Waals surface area contributed by atoms with E-state index in [1.165, 1.54) is 40.4 Å². The number of nitrogens with one attached hydrogen (secondary N) is 1. The van der Waals surface area contributed by atoms with Gasteiger partial charge in [-0.1, -0.05) is 23.7 Å². The number of sulfonamides is 1. The first-order valence-corrected chi connectivity index (χ1v) is 14.9. The van der Waals surface area contributed by atoms with Gasteiger partial charge in [0.2, 0.25) is 21.8 Å². The Balaban J connectivity index is 1.62. The summed E-state index contributed by atoms with van der Waals surface area (Å²) in [5.74, 6) is -0.532. The molecule has 1 atom stereocenters. The minimum absolute atomic E-state index is 0.0461. The van der Waals surface area contributed by atoms with Crippen molar-refractivity contribution >= 4 is 50.5 Å². The van der Waals surface area contributed by atoms with E-state index in [2.05, 4.69) is 5.32 Å². The number of amides is 2. The molecule has 1 aliphatic heterocycles. The van der Waals surface area contributed by atoms with Crippen LogP contribution >= 0.6 is 22.9 Å². The second-order valence-electron chi connectivity index (χ2n) is 8.98. The minimum Gasteiger partial charge on any atom is -0.385 e. The van der Waals surface area contributed by atoms with Crippen LogP contribution in [0.25, 0.3) is 0 Å². The summed E-state index contributed by atoms with van der Waals surface area (Å²) in [5.41, 5.74) is 2.47. The topological polar surface area (TPSA) is 96.0 Å². The Bertz CT molecular complexity index is 1370. The number of carbonyl (C=O) groups is 2. The Morgan fingerprint density at radius 2 is 1.84 bits per heavy atom. The molecule has 3 aromatic rings. The molecule has 38 heavy (non-hydrogen) atoms. The minimum atomic E-state index is -4.00. The maximum Gasteiger partial charge on any atom is 0.243 e. The van der Waals surface area contributed by atoms with Crippen LogP contribution in [0.3, 0.4) is 0 Å². The summed E-state index contributed by atoms with van der Waals surface area (Å²) in [6.45, 7) is 2.04. The molecule has 202 valence electrons. The number of ether oxygens (including phenoxy) is 1. The molecule has 0 aliphatic carbocycles. The van der Waals surface area contributed by atoms with Gasteiger partial charge in [0.15, 0.2) is 0 Å². The fourth-order valence-corrected chi connectivity index (χ4v) is 7.02. The van der Waals surface area contributed by atoms with E-state index in [9.17, 15) is 18.0 Å². The number of hydrogen-bond acceptors (Lipinski definition) is 6. The molecule has 2 amide bonds. The third-order valence-corrected chi connectivity index (χ3v) is 9.46. The number of nitrogens with zero attached hydrogens (tertiary/aromatic N) is 2. The second kappa shape index (κ2) is 12.4. The van der Waals surface area contributed by atoms with E-state index in [0.717, 1.165) is 11.1 Å². The molecule has 4 rings (SSSR count). The molecular weight excluding hydrogens is 546 g/mol. The third-order valence-electron chi connectivity index (χ3n) is 6.35. The van der Waals surface area contributed by atoms with Crippen LogP contribution < -0.4 is 5.32 Å². The van der Waals surface area contributed by atoms with Crippen LogP contribution in [0.1, 0.15) is 35.4 Å². The molecule has 0 unspecified atom stereocenters. The average molecular weight is 576 g/mol. The maximum atomic E-state index is 13.8. The van der Waals surface area contributed by atoms with Gasteiger partial charge in [-0.15, -0.1) is 11.3 Å². The Morgan fingerprint density at radius 1 is 1.13 bits per heavy atom. The molecule has 0 saturated heterocycles. The van der Waals surface area contributed by atoms with Gasteiger partial charge >= 0.3 is 0 Å². The fraction of sp³-hybridized carbons (Fsp3) is 0.333. The predicted octanol–water partition coefficient (Wildman–Crippen LogP) is 4.56. The molecular formula is C27H30ClN3O5S2. The van der Waals surface area contributed by atoms with Gasteiger partial charge in [0.1, 0.15) is 0 Å². The van der Waals surface area contributed by atoms with Crippen LogP contribution in [0, 0.1) is 0 Å². The number of anilines is 1. The summed E-state index contributed by atoms with van der Waals surface area (Å²) in [5, 5.41) is 5.25. The molecule has 0 radical (unpaired) electrons. The standard InChI is InChI=1S/C27H30ClN3O5S2/c1-19(32)29-22-8-10-23(11-9-22)38(34,35)30(14-3-16-36-2)18-26(33)31-15-12-25-24(13-17-37-25)27(31)20-4-6-21(28)7-5-20/h4-11,13,17,27H,3,12,14-16,18H2,1-2H3,(H,29,32)/t27-/m0/s1. The zero-order valence-corrected chi connectivity index (χ0v) is 23.6. The van der Waals surface area contributed by atoms with E-state index in [0.29, 0.717) is 36.7 Å². The van der Waals surface area contributed by atoms with Gasteiger partial charge in [-0.25, -0.2) is 8.42 Å². The fourth-order valence-electron chi connectivity index (χ4n) is 4.56. The SMILES string of the molecule is COCCCN(CC(=O)N1CCc2sccc2[C@@H]1c1ccc(Cl)cc1)S(=O)(=O)c1ccc(NC(C)=O)cc1. The van der Waals surface area contributed by atoms with E-state index in [1.54, 1.807) is 35.5 Å². The van der Waals surface area contributed by atoms with Gasteiger partial charge in [0.05, 0.1) is 17.5 Å². The average Bonchev–Trinajstić information content (AvgIpc) is 3.37. The molecule has 2 aromatic carbocycles. The lowest BCUT2D eigenvalue weighted by atomic mass is 9.93. The lowest BCUT2D eigenvalue weighted by molar-refractivity contribution is -0.133. The van der Waals surface area contributed by atoms with Crippen molar-refractivity contribution in [2.75, 3.05) is 38.7 Å². The molecule has 8 nitrogen and oxygen atoms in total. The quantitative estimate of drug-likeness (QED) is 0.358. The molecule has 1 aliphatic rings. The summed E-state index contributed by atoms with van der Waals surface area (Å²) in [4.78, 5) is 28.2. The highest BCUT2D eigenvalue weighted by atomic mass is 35.5. The monoisotopic (exact) mass is 575 g/mol. The first-order chi connectivity index (χ1) is 18.2. The Morgan fingerprint density at radius 3 is 2.50 bits per heavy atom. The zero-order chi connectivity index (χ0) is 27.3. The normalized spacial score (nSPS) is 15.4. The summed E-state index contributed by atoms with van der Waals surface area (Å²) in [6.07, 6.45) is 1.14. The van der Waals surface area contributed by atoms with Gasteiger partial charge in [-0.05, 0) is 71.8 Å². The highest BCUT2D eigenvalue weighted by molar-refractivity contribution is 7.89. The van der Waals surface area contributed by atoms with Crippen LogP contribution in [-0.2, 0) is 30.8 Å². The van der Waals surface area contributed by atoms with E-state index in [-0.39, 0.29) is 35.8 Å². The molecule has 11 heteroatoms. The van der Waals surface area contributed by atoms with Crippen molar-refractivity contribution in [2.45, 2.75) is 30.7 Å². The van der Waals surface area contributed by atoms with Gasteiger partial charge < -0.3 is 15.0 Å². The highest BCUT2D eigenvalue weighted by Crippen LogP contribution is 2.38. The Kier molecular flexibility index (Phi) is 9.22. The van der Waals surface area contributed by atoms with Gasteiger partial charge in [0.25, 0.3) is 0 Å². The number of benzene rings is 2. The maximum absolute atomic E-state index is 13.8. The lowest BCUT2D eigenvalue weighted by Gasteiger charge is -2.37. The van der Waals surface area contributed by atoms with Crippen molar-refractivity contribution in [1.82, 2.24) is 9.21 Å². The number of thiophene rings is 1. The molecule has 0 bridgehead atoms. The van der Waals surface area contributed by atoms with Crippen molar-refractivity contribution in [1.29, 1.82) is 0 Å². The molecule has 1 N–H and O–H groups in total. The summed E-state index contributed by atoms with van der Waals surface area (Å²) in [7, 11) is -2.45. The van der Waals surface area contributed by atoms with E-state index in [1.807, 2.05) is 23.6 Å². The number of carbonyl (C=O) groups excluding carboxylic acids is 2. The van der Waals surface area contributed by atoms with Crippen molar-refractivity contribution in [2.24, 2.45) is 0 Å². The number of rotatable bonds is 10. The summed E-state index contributed by atoms with van der Waals surface area (Å²) in [6, 6.07) is 15.0. The van der Waals surface area contributed by atoms with Crippen LogP contribution in [-0.4, -0.2) is 62.8 Å². The van der Waals surface area contributed by atoms with Crippen LogP contribution in [0.2, 0.25) is 5.02 Å². The molecule has 0 saturated carbocycles. The van der Waals surface area contributed by atoms with E-state index in [4.69, 9.17) is 16.3 Å². The molecule has 0 fully saturated rings. The van der Waals surface area contributed by atoms with E-state index < -0.39 is 10.0 Å². The first kappa shape index (κ1) is 28.3. The van der Waals surface area contributed by atoms with E-state index >= 15 is 0 Å². The first-order valence-electron chi connectivity index (χ1n) is 12.2. The van der Waals surface area contributed by atoms with Crippen LogP contribution in [0.5, 0.6) is 0 Å². The largest absolute Gasteiger partial charge is 0.385 e. The molecule has 0 spiro atoms. The predicted molar refractivity (Wildman–Crippen MR) is 149 cm³/mol. The molecule has 2 heterocycles. The Hall–Kier alpha value is -2.76. The third kappa shape index (κ3) is 6.44. The summed E-state index contributed by atoms with van der Waals surface area (Å²) >= 11 is 7.78. The lowest BCUT2D eigenvalue weighted by Crippen LogP contribution is -2.47. The number of halogens is 1. The Labute approximate surface area is 232 Å². The van der Waals surface area contributed by atoms with Crippen molar-refractivity contribution < 1.29 is 22.7 Å². The van der Waals surface area contributed by atoms with Crippen molar-refractivity contribution in [3.05, 3.63) is 81.0 Å². The molecule has 1 aromatic heterocycles. The number of methoxy groups -OCH3 is 1. The highest BCUT2D eigenvalue weighted by Gasteiger charge is 2.35. The van der Waals surface area contributed by atoms with Crippen LogP contribution in [0.15, 0.2) is 64.9 Å². The number of fused-ring (bicyclic) bond motifs is 1. The van der Waals surface area contributed by atoms with Crippen LogP contribution in [0.4, 0.5) is 5.69 Å². The summed E-state index contributed by atoms with van der Waals surface area (Å²) < 4.78 is 33.6.